The van der Waals surface area contributed by atoms with Crippen LogP contribution in [-0.4, -0.2) is 17.2 Å². The SMILES string of the molecule is C[C@H](Sc1cc(Cl)ccc1Cl)C(=O)NC1CCCC1. The zero-order valence-electron chi connectivity index (χ0n) is 10.8. The first-order valence-corrected chi connectivity index (χ1v) is 8.12. The third-order valence-corrected chi connectivity index (χ3v) is 5.10. The first-order valence-electron chi connectivity index (χ1n) is 6.48. The summed E-state index contributed by atoms with van der Waals surface area (Å²) in [6.45, 7) is 1.90. The summed E-state index contributed by atoms with van der Waals surface area (Å²) >= 11 is 13.5. The maximum Gasteiger partial charge on any atom is 0.233 e. The summed E-state index contributed by atoms with van der Waals surface area (Å²) in [4.78, 5) is 12.9. The molecule has 1 aromatic rings. The van der Waals surface area contributed by atoms with Gasteiger partial charge in [0.15, 0.2) is 0 Å². The summed E-state index contributed by atoms with van der Waals surface area (Å²) in [6, 6.07) is 5.66. The van der Waals surface area contributed by atoms with Gasteiger partial charge >= 0.3 is 0 Å². The van der Waals surface area contributed by atoms with E-state index in [1.807, 2.05) is 6.92 Å². The third-order valence-electron chi connectivity index (χ3n) is 3.27. The van der Waals surface area contributed by atoms with Gasteiger partial charge in [-0.3, -0.25) is 4.79 Å². The second kappa shape index (κ2) is 6.87. The highest BCUT2D eigenvalue weighted by molar-refractivity contribution is 8.00. The fraction of sp³-hybridized carbons (Fsp3) is 0.500. The molecule has 0 bridgehead atoms. The smallest absolute Gasteiger partial charge is 0.233 e. The van der Waals surface area contributed by atoms with Gasteiger partial charge < -0.3 is 5.32 Å². The number of halogens is 2. The average molecular weight is 318 g/mol. The lowest BCUT2D eigenvalue weighted by atomic mass is 10.2. The number of amides is 1. The van der Waals surface area contributed by atoms with Crippen LogP contribution in [0.4, 0.5) is 0 Å². The molecule has 1 aromatic carbocycles. The summed E-state index contributed by atoms with van der Waals surface area (Å²) in [7, 11) is 0. The third kappa shape index (κ3) is 4.30. The number of rotatable bonds is 4. The fourth-order valence-corrected chi connectivity index (χ4v) is 3.62. The molecule has 0 saturated heterocycles. The Morgan fingerprint density at radius 3 is 2.74 bits per heavy atom. The van der Waals surface area contributed by atoms with Gasteiger partial charge in [0.05, 0.1) is 10.3 Å². The Hall–Kier alpha value is -0.380. The molecule has 0 unspecified atom stereocenters. The topological polar surface area (TPSA) is 29.1 Å². The summed E-state index contributed by atoms with van der Waals surface area (Å²) in [6.07, 6.45) is 4.63. The van der Waals surface area contributed by atoms with Gasteiger partial charge in [-0.25, -0.2) is 0 Å². The van der Waals surface area contributed by atoms with Crippen molar-refractivity contribution in [1.82, 2.24) is 5.32 Å². The normalized spacial score (nSPS) is 17.4. The molecule has 1 saturated carbocycles. The molecule has 1 N–H and O–H groups in total. The van der Waals surface area contributed by atoms with Crippen LogP contribution in [0.5, 0.6) is 0 Å². The van der Waals surface area contributed by atoms with Crippen LogP contribution in [0.1, 0.15) is 32.6 Å². The molecule has 0 aliphatic heterocycles. The highest BCUT2D eigenvalue weighted by atomic mass is 35.5. The van der Waals surface area contributed by atoms with E-state index in [4.69, 9.17) is 23.2 Å². The summed E-state index contributed by atoms with van der Waals surface area (Å²) in [5, 5.41) is 4.20. The monoisotopic (exact) mass is 317 g/mol. The number of carbonyl (C=O) groups excluding carboxylic acids is 1. The van der Waals surface area contributed by atoms with E-state index in [0.717, 1.165) is 17.7 Å². The first-order chi connectivity index (χ1) is 9.06. The number of nitrogens with one attached hydrogen (secondary N) is 1. The molecule has 0 radical (unpaired) electrons. The number of thioether (sulfide) groups is 1. The summed E-state index contributed by atoms with van der Waals surface area (Å²) in [5.41, 5.74) is 0. The number of carbonyl (C=O) groups is 1. The average Bonchev–Trinajstić information content (AvgIpc) is 2.86. The largest absolute Gasteiger partial charge is 0.352 e. The van der Waals surface area contributed by atoms with Gasteiger partial charge in [-0.15, -0.1) is 11.8 Å². The number of hydrogen-bond donors (Lipinski definition) is 1. The van der Waals surface area contributed by atoms with Crippen molar-refractivity contribution in [3.05, 3.63) is 28.2 Å². The highest BCUT2D eigenvalue weighted by Gasteiger charge is 2.21. The van der Waals surface area contributed by atoms with Crippen LogP contribution in [0.25, 0.3) is 0 Å². The zero-order chi connectivity index (χ0) is 13.8. The predicted molar refractivity (Wildman–Crippen MR) is 82.2 cm³/mol. The Balaban J connectivity index is 1.93. The molecule has 2 rings (SSSR count). The highest BCUT2D eigenvalue weighted by Crippen LogP contribution is 2.32. The lowest BCUT2D eigenvalue weighted by Gasteiger charge is -2.16. The molecule has 1 aliphatic carbocycles. The van der Waals surface area contributed by atoms with Crippen molar-refractivity contribution in [3.8, 4) is 0 Å². The van der Waals surface area contributed by atoms with Crippen LogP contribution in [0.2, 0.25) is 10.0 Å². The Kier molecular flexibility index (Phi) is 5.43. The van der Waals surface area contributed by atoms with Crippen molar-refractivity contribution >= 4 is 40.9 Å². The Morgan fingerprint density at radius 1 is 1.37 bits per heavy atom. The molecule has 1 aliphatic rings. The molecule has 0 aromatic heterocycles. The molecular formula is C14H17Cl2NOS. The van der Waals surface area contributed by atoms with Gasteiger partial charge in [0.1, 0.15) is 0 Å². The molecule has 0 spiro atoms. The van der Waals surface area contributed by atoms with E-state index in [0.29, 0.717) is 16.1 Å². The van der Waals surface area contributed by atoms with Gasteiger partial charge in [0, 0.05) is 16.0 Å². The second-order valence-electron chi connectivity index (χ2n) is 4.82. The fourth-order valence-electron chi connectivity index (χ4n) is 2.20. The van der Waals surface area contributed by atoms with Crippen molar-refractivity contribution in [2.75, 3.05) is 0 Å². The molecule has 0 heterocycles. The first kappa shape index (κ1) is 15.0. The minimum atomic E-state index is -0.170. The quantitative estimate of drug-likeness (QED) is 0.826. The zero-order valence-corrected chi connectivity index (χ0v) is 13.1. The van der Waals surface area contributed by atoms with Gasteiger partial charge in [-0.2, -0.15) is 0 Å². The predicted octanol–water partition coefficient (Wildman–Crippen LogP) is 4.53. The molecule has 1 amide bonds. The number of benzene rings is 1. The number of hydrogen-bond acceptors (Lipinski definition) is 2. The molecule has 1 fully saturated rings. The molecule has 2 nitrogen and oxygen atoms in total. The van der Waals surface area contributed by atoms with Crippen molar-refractivity contribution in [1.29, 1.82) is 0 Å². The van der Waals surface area contributed by atoms with E-state index in [9.17, 15) is 4.79 Å². The van der Waals surface area contributed by atoms with E-state index >= 15 is 0 Å². The molecule has 104 valence electrons. The Labute approximate surface area is 128 Å². The maximum absolute atomic E-state index is 12.1. The summed E-state index contributed by atoms with van der Waals surface area (Å²) < 4.78 is 0. The second-order valence-corrected chi connectivity index (χ2v) is 7.05. The lowest BCUT2D eigenvalue weighted by molar-refractivity contribution is -0.120. The standard InChI is InChI=1S/C14H17Cl2NOS/c1-9(14(18)17-11-4-2-3-5-11)19-13-8-10(15)6-7-12(13)16/h6-9,11H,2-5H2,1H3,(H,17,18)/t9-/m0/s1. The van der Waals surface area contributed by atoms with Gasteiger partial charge in [0.25, 0.3) is 0 Å². The Morgan fingerprint density at radius 2 is 2.05 bits per heavy atom. The summed E-state index contributed by atoms with van der Waals surface area (Å²) in [5.74, 6) is 0.0768. The minimum Gasteiger partial charge on any atom is -0.352 e. The van der Waals surface area contributed by atoms with Crippen molar-refractivity contribution in [2.24, 2.45) is 0 Å². The van der Waals surface area contributed by atoms with Crippen LogP contribution >= 0.6 is 35.0 Å². The van der Waals surface area contributed by atoms with Crippen LogP contribution in [0.3, 0.4) is 0 Å². The molecule has 5 heteroatoms. The molecule has 19 heavy (non-hydrogen) atoms. The maximum atomic E-state index is 12.1. The van der Waals surface area contributed by atoms with Crippen LogP contribution in [-0.2, 0) is 4.79 Å². The van der Waals surface area contributed by atoms with E-state index in [1.54, 1.807) is 18.2 Å². The van der Waals surface area contributed by atoms with E-state index in [1.165, 1.54) is 24.6 Å². The molecule has 1 atom stereocenters. The van der Waals surface area contributed by atoms with Crippen molar-refractivity contribution in [2.45, 2.75) is 48.8 Å². The van der Waals surface area contributed by atoms with E-state index in [-0.39, 0.29) is 11.2 Å². The van der Waals surface area contributed by atoms with Crippen molar-refractivity contribution in [3.63, 3.8) is 0 Å². The van der Waals surface area contributed by atoms with Crippen LogP contribution < -0.4 is 5.32 Å². The van der Waals surface area contributed by atoms with Crippen molar-refractivity contribution < 1.29 is 4.79 Å². The minimum absolute atomic E-state index is 0.0768. The van der Waals surface area contributed by atoms with E-state index < -0.39 is 0 Å². The molecular weight excluding hydrogens is 301 g/mol. The van der Waals surface area contributed by atoms with E-state index in [2.05, 4.69) is 5.32 Å². The Bertz CT molecular complexity index is 461. The van der Waals surface area contributed by atoms with Gasteiger partial charge in [0.2, 0.25) is 5.91 Å². The van der Waals surface area contributed by atoms with Crippen LogP contribution in [0.15, 0.2) is 23.1 Å². The van der Waals surface area contributed by atoms with Gasteiger partial charge in [-0.1, -0.05) is 36.0 Å². The lowest BCUT2D eigenvalue weighted by Crippen LogP contribution is -2.37. The van der Waals surface area contributed by atoms with Gasteiger partial charge in [-0.05, 0) is 38.0 Å². The van der Waals surface area contributed by atoms with Crippen LogP contribution in [0, 0.1) is 0 Å².